The molecule has 0 unspecified atom stereocenters. The van der Waals surface area contributed by atoms with Gasteiger partial charge in [0.15, 0.2) is 0 Å². The monoisotopic (exact) mass is 424 g/mol. The van der Waals surface area contributed by atoms with E-state index in [1.54, 1.807) is 19.2 Å². The third kappa shape index (κ3) is 4.67. The maximum absolute atomic E-state index is 11.1. The van der Waals surface area contributed by atoms with Crippen molar-refractivity contribution >= 4 is 17.1 Å². The first-order chi connectivity index (χ1) is 15.7. The van der Waals surface area contributed by atoms with Crippen LogP contribution >= 0.6 is 0 Å². The number of aldehydes is 1. The van der Waals surface area contributed by atoms with Gasteiger partial charge in [-0.25, -0.2) is 0 Å². The smallest absolute Gasteiger partial charge is 0.150 e. The number of rotatable bonds is 9. The van der Waals surface area contributed by atoms with E-state index in [1.165, 1.54) is 18.4 Å². The third-order valence-electron chi connectivity index (χ3n) is 5.73. The van der Waals surface area contributed by atoms with Crippen molar-refractivity contribution < 1.29 is 14.3 Å². The molecule has 3 nitrogen and oxygen atoms in total. The van der Waals surface area contributed by atoms with Crippen LogP contribution in [0.5, 0.6) is 17.2 Å². The molecule has 4 rings (SSSR count). The van der Waals surface area contributed by atoms with Crippen molar-refractivity contribution in [2.75, 3.05) is 7.11 Å². The van der Waals surface area contributed by atoms with Crippen LogP contribution in [-0.4, -0.2) is 13.4 Å². The van der Waals surface area contributed by atoms with Gasteiger partial charge in [-0.3, -0.25) is 4.79 Å². The Morgan fingerprint density at radius 2 is 1.59 bits per heavy atom. The summed E-state index contributed by atoms with van der Waals surface area (Å²) in [5.41, 5.74) is 4.16. The predicted molar refractivity (Wildman–Crippen MR) is 131 cm³/mol. The summed E-state index contributed by atoms with van der Waals surface area (Å²) in [4.78, 5) is 11.1. The molecule has 0 fully saturated rings. The highest BCUT2D eigenvalue weighted by Gasteiger charge is 2.18. The molecular weight excluding hydrogens is 396 g/mol. The fourth-order valence-corrected chi connectivity index (χ4v) is 4.06. The summed E-state index contributed by atoms with van der Waals surface area (Å²) in [7, 11) is 1.69. The number of unbranched alkanes of at least 4 members (excludes halogenated alkanes) is 2. The molecule has 0 atom stereocenters. The van der Waals surface area contributed by atoms with Gasteiger partial charge in [0.2, 0.25) is 0 Å². The van der Waals surface area contributed by atoms with Crippen molar-refractivity contribution in [1.29, 1.82) is 0 Å². The maximum Gasteiger partial charge on any atom is 0.150 e. The second-order valence-electron chi connectivity index (χ2n) is 7.94. The minimum atomic E-state index is 0.628. The Kier molecular flexibility index (Phi) is 6.86. The van der Waals surface area contributed by atoms with Crippen LogP contribution in [-0.2, 0) is 6.42 Å². The number of aryl methyl sites for hydroxylation is 1. The van der Waals surface area contributed by atoms with Crippen LogP contribution in [0.4, 0.5) is 0 Å². The lowest BCUT2D eigenvalue weighted by Crippen LogP contribution is -1.98. The largest absolute Gasteiger partial charge is 0.497 e. The molecule has 4 aromatic rings. The zero-order valence-electron chi connectivity index (χ0n) is 18.6. The molecule has 32 heavy (non-hydrogen) atoms. The van der Waals surface area contributed by atoms with E-state index in [-0.39, 0.29) is 0 Å². The van der Waals surface area contributed by atoms with Gasteiger partial charge in [0.1, 0.15) is 23.5 Å². The van der Waals surface area contributed by atoms with Crippen molar-refractivity contribution in [3.05, 3.63) is 90.0 Å². The minimum absolute atomic E-state index is 0.628. The molecule has 0 aliphatic rings. The fraction of sp³-hybridized carbons (Fsp3) is 0.207. The maximum atomic E-state index is 11.1. The van der Waals surface area contributed by atoms with Crippen molar-refractivity contribution in [2.45, 2.75) is 32.6 Å². The number of benzene rings is 4. The van der Waals surface area contributed by atoms with E-state index in [9.17, 15) is 4.79 Å². The summed E-state index contributed by atoms with van der Waals surface area (Å²) in [6.07, 6.45) is 5.31. The van der Waals surface area contributed by atoms with Crippen LogP contribution in [0.25, 0.3) is 21.9 Å². The molecule has 0 heterocycles. The Balaban J connectivity index is 1.93. The second-order valence-corrected chi connectivity index (χ2v) is 7.94. The quantitative estimate of drug-likeness (QED) is 0.203. The molecule has 0 aliphatic heterocycles. The summed E-state index contributed by atoms with van der Waals surface area (Å²) < 4.78 is 12.0. The van der Waals surface area contributed by atoms with Gasteiger partial charge in [-0.15, -0.1) is 0 Å². The second kappa shape index (κ2) is 10.1. The topological polar surface area (TPSA) is 35.5 Å². The number of carbonyl (C=O) groups excluding carboxylic acids is 1. The first-order valence-corrected chi connectivity index (χ1v) is 11.2. The van der Waals surface area contributed by atoms with Gasteiger partial charge in [-0.1, -0.05) is 56.2 Å². The number of ether oxygens (including phenoxy) is 2. The molecule has 0 bridgehead atoms. The van der Waals surface area contributed by atoms with Crippen LogP contribution in [0.1, 0.15) is 42.1 Å². The predicted octanol–water partition coefficient (Wildman–Crippen LogP) is 7.85. The highest BCUT2D eigenvalue weighted by atomic mass is 16.5. The minimum Gasteiger partial charge on any atom is -0.497 e. The Labute approximate surface area is 189 Å². The molecule has 0 N–H and O–H groups in total. The van der Waals surface area contributed by atoms with E-state index in [2.05, 4.69) is 49.4 Å². The standard InChI is InChI=1S/C29H28O3/c1-3-4-6-11-23-18-24-19-26(31-2)16-17-27(24)29(28(23)22-9-7-5-8-10-22)32-25-14-12-21(20-30)13-15-25/h5,7-10,12-20H,3-4,6,11H2,1-2H3. The average molecular weight is 425 g/mol. The number of methoxy groups -OCH3 is 1. The Morgan fingerprint density at radius 3 is 2.28 bits per heavy atom. The summed E-state index contributed by atoms with van der Waals surface area (Å²) in [5.74, 6) is 2.36. The van der Waals surface area contributed by atoms with E-state index in [0.29, 0.717) is 11.3 Å². The first-order valence-electron chi connectivity index (χ1n) is 11.2. The Hall–Kier alpha value is -3.59. The van der Waals surface area contributed by atoms with E-state index < -0.39 is 0 Å². The molecule has 0 saturated carbocycles. The van der Waals surface area contributed by atoms with Crippen LogP contribution in [0, 0.1) is 0 Å². The van der Waals surface area contributed by atoms with Gasteiger partial charge in [0.25, 0.3) is 0 Å². The number of carbonyl (C=O) groups is 1. The number of hydrogen-bond donors (Lipinski definition) is 0. The van der Waals surface area contributed by atoms with Gasteiger partial charge in [0, 0.05) is 16.5 Å². The van der Waals surface area contributed by atoms with E-state index in [1.807, 2.05) is 24.3 Å². The summed E-state index contributed by atoms with van der Waals surface area (Å²) in [6.45, 7) is 2.22. The van der Waals surface area contributed by atoms with Gasteiger partial charge < -0.3 is 9.47 Å². The fourth-order valence-electron chi connectivity index (χ4n) is 4.06. The molecule has 4 aromatic carbocycles. The van der Waals surface area contributed by atoms with Crippen LogP contribution < -0.4 is 9.47 Å². The lowest BCUT2D eigenvalue weighted by Gasteiger charge is -2.19. The molecule has 0 spiro atoms. The van der Waals surface area contributed by atoms with Gasteiger partial charge in [-0.2, -0.15) is 0 Å². The van der Waals surface area contributed by atoms with E-state index in [0.717, 1.165) is 52.5 Å². The zero-order valence-corrected chi connectivity index (χ0v) is 18.6. The molecular formula is C29H28O3. The SMILES string of the molecule is CCCCCc1cc2cc(OC)ccc2c(Oc2ccc(C=O)cc2)c1-c1ccccc1. The highest BCUT2D eigenvalue weighted by molar-refractivity contribution is 5.98. The lowest BCUT2D eigenvalue weighted by atomic mass is 9.91. The van der Waals surface area contributed by atoms with E-state index in [4.69, 9.17) is 9.47 Å². The van der Waals surface area contributed by atoms with Gasteiger partial charge in [-0.05, 0) is 71.8 Å². The van der Waals surface area contributed by atoms with Gasteiger partial charge in [0.05, 0.1) is 7.11 Å². The Bertz CT molecular complexity index is 1190. The van der Waals surface area contributed by atoms with Gasteiger partial charge >= 0.3 is 0 Å². The average Bonchev–Trinajstić information content (AvgIpc) is 2.85. The molecule has 0 saturated heterocycles. The van der Waals surface area contributed by atoms with Crippen LogP contribution in [0.2, 0.25) is 0 Å². The summed E-state index contributed by atoms with van der Waals surface area (Å²) in [5, 5.41) is 2.12. The normalized spacial score (nSPS) is 10.8. The van der Waals surface area contributed by atoms with E-state index >= 15 is 0 Å². The summed E-state index contributed by atoms with van der Waals surface area (Å²) >= 11 is 0. The number of hydrogen-bond acceptors (Lipinski definition) is 3. The van der Waals surface area contributed by atoms with Crippen LogP contribution in [0.15, 0.2) is 78.9 Å². The van der Waals surface area contributed by atoms with Crippen molar-refractivity contribution in [2.24, 2.45) is 0 Å². The third-order valence-corrected chi connectivity index (χ3v) is 5.73. The Morgan fingerprint density at radius 1 is 0.844 bits per heavy atom. The molecule has 0 aliphatic carbocycles. The van der Waals surface area contributed by atoms with Crippen LogP contribution in [0.3, 0.4) is 0 Å². The molecule has 162 valence electrons. The summed E-state index contributed by atoms with van der Waals surface area (Å²) in [6, 6.07) is 26.0. The molecule has 3 heteroatoms. The first kappa shape index (κ1) is 21.6. The number of fused-ring (bicyclic) bond motifs is 1. The zero-order chi connectivity index (χ0) is 22.3. The van der Waals surface area contributed by atoms with Crippen molar-refractivity contribution in [3.63, 3.8) is 0 Å². The molecule has 0 aromatic heterocycles. The van der Waals surface area contributed by atoms with Crippen molar-refractivity contribution in [3.8, 4) is 28.4 Å². The molecule has 0 amide bonds. The van der Waals surface area contributed by atoms with Crippen molar-refractivity contribution in [1.82, 2.24) is 0 Å². The highest BCUT2D eigenvalue weighted by Crippen LogP contribution is 2.43. The lowest BCUT2D eigenvalue weighted by molar-refractivity contribution is 0.112. The molecule has 0 radical (unpaired) electrons.